The first kappa shape index (κ1) is 15.6. The van der Waals surface area contributed by atoms with Crippen LogP contribution in [0.5, 0.6) is 0 Å². The molecule has 0 amide bonds. The van der Waals surface area contributed by atoms with Crippen LogP contribution in [-0.4, -0.2) is 19.8 Å². The van der Waals surface area contributed by atoms with Gasteiger partial charge in [-0.15, -0.1) is 0 Å². The maximum atomic E-state index is 13.8. The number of halogens is 2. The Morgan fingerprint density at radius 1 is 1.05 bits per heavy atom. The summed E-state index contributed by atoms with van der Waals surface area (Å²) in [6.45, 7) is 1.51. The fourth-order valence-corrected chi connectivity index (χ4v) is 3.36. The van der Waals surface area contributed by atoms with Crippen molar-refractivity contribution in [2.45, 2.75) is 17.9 Å². The zero-order chi connectivity index (χ0) is 15.6. The minimum atomic E-state index is -3.77. The first-order valence-electron chi connectivity index (χ1n) is 6.32. The van der Waals surface area contributed by atoms with Crippen molar-refractivity contribution in [2.24, 2.45) is 0 Å². The van der Waals surface area contributed by atoms with Crippen LogP contribution < -0.4 is 0 Å². The summed E-state index contributed by atoms with van der Waals surface area (Å²) >= 11 is 0. The molecule has 0 aliphatic heterocycles. The Balaban J connectivity index is 2.39. The van der Waals surface area contributed by atoms with Crippen LogP contribution in [0.2, 0.25) is 0 Å². The fraction of sp³-hybridized carbons (Fsp3) is 0.200. The molecule has 112 valence electrons. The van der Waals surface area contributed by atoms with Crippen LogP contribution in [0.4, 0.5) is 8.78 Å². The molecule has 21 heavy (non-hydrogen) atoms. The molecular weight excluding hydrogens is 296 g/mol. The van der Waals surface area contributed by atoms with Crippen LogP contribution in [0.15, 0.2) is 53.4 Å². The topological polar surface area (TPSA) is 37.4 Å². The third-order valence-electron chi connectivity index (χ3n) is 3.37. The highest BCUT2D eigenvalue weighted by molar-refractivity contribution is 7.89. The number of hydrogen-bond acceptors (Lipinski definition) is 2. The molecule has 0 spiro atoms. The number of benzene rings is 2. The first-order chi connectivity index (χ1) is 9.84. The molecule has 2 aromatic carbocycles. The third-order valence-corrected chi connectivity index (χ3v) is 5.32. The second-order valence-corrected chi connectivity index (χ2v) is 6.67. The molecule has 0 radical (unpaired) electrons. The summed E-state index contributed by atoms with van der Waals surface area (Å²) in [7, 11) is -2.43. The molecule has 1 atom stereocenters. The van der Waals surface area contributed by atoms with Gasteiger partial charge in [-0.1, -0.05) is 18.2 Å². The number of hydrogen-bond donors (Lipinski definition) is 0. The molecule has 0 aliphatic carbocycles. The van der Waals surface area contributed by atoms with E-state index < -0.39 is 27.7 Å². The van der Waals surface area contributed by atoms with E-state index in [0.717, 1.165) is 22.5 Å². The minimum Gasteiger partial charge on any atom is -0.207 e. The lowest BCUT2D eigenvalue weighted by atomic mass is 10.1. The van der Waals surface area contributed by atoms with Gasteiger partial charge < -0.3 is 0 Å². The van der Waals surface area contributed by atoms with E-state index in [0.29, 0.717) is 0 Å². The van der Waals surface area contributed by atoms with Crippen LogP contribution in [-0.2, 0) is 10.0 Å². The maximum absolute atomic E-state index is 13.8. The first-order valence-corrected chi connectivity index (χ1v) is 7.76. The lowest BCUT2D eigenvalue weighted by molar-refractivity contribution is 0.386. The van der Waals surface area contributed by atoms with E-state index in [-0.39, 0.29) is 10.5 Å². The van der Waals surface area contributed by atoms with Gasteiger partial charge in [-0.25, -0.2) is 17.2 Å². The zero-order valence-electron chi connectivity index (χ0n) is 11.6. The highest BCUT2D eigenvalue weighted by Gasteiger charge is 2.27. The highest BCUT2D eigenvalue weighted by atomic mass is 32.2. The van der Waals surface area contributed by atoms with Gasteiger partial charge in [-0.2, -0.15) is 4.31 Å². The molecule has 0 bridgehead atoms. The highest BCUT2D eigenvalue weighted by Crippen LogP contribution is 2.27. The zero-order valence-corrected chi connectivity index (χ0v) is 12.4. The van der Waals surface area contributed by atoms with Gasteiger partial charge >= 0.3 is 0 Å². The molecule has 6 heteroatoms. The smallest absolute Gasteiger partial charge is 0.207 e. The van der Waals surface area contributed by atoms with Crippen molar-refractivity contribution < 1.29 is 17.2 Å². The quantitative estimate of drug-likeness (QED) is 0.868. The van der Waals surface area contributed by atoms with E-state index in [1.165, 1.54) is 26.1 Å². The number of sulfonamides is 1. The molecule has 0 saturated carbocycles. The van der Waals surface area contributed by atoms with Crippen LogP contribution in [0.1, 0.15) is 18.5 Å². The third kappa shape index (κ3) is 3.11. The molecule has 0 saturated heterocycles. The number of rotatable bonds is 4. The van der Waals surface area contributed by atoms with Crippen molar-refractivity contribution in [1.29, 1.82) is 0 Å². The average Bonchev–Trinajstić information content (AvgIpc) is 2.49. The van der Waals surface area contributed by atoms with Crippen molar-refractivity contribution in [3.63, 3.8) is 0 Å². The lowest BCUT2D eigenvalue weighted by Crippen LogP contribution is -2.30. The molecular formula is C15H15F2NO2S. The van der Waals surface area contributed by atoms with Gasteiger partial charge in [0.25, 0.3) is 0 Å². The summed E-state index contributed by atoms with van der Waals surface area (Å²) in [5.41, 5.74) is -0.00277. The Kier molecular flexibility index (Phi) is 4.39. The molecule has 0 N–H and O–H groups in total. The van der Waals surface area contributed by atoms with Gasteiger partial charge in [0, 0.05) is 18.7 Å². The van der Waals surface area contributed by atoms with Gasteiger partial charge in [0.05, 0.1) is 4.90 Å². The Hall–Kier alpha value is -1.79. The summed E-state index contributed by atoms with van der Waals surface area (Å²) in [5, 5.41) is 0. The molecule has 3 nitrogen and oxygen atoms in total. The van der Waals surface area contributed by atoms with Gasteiger partial charge in [-0.05, 0) is 37.3 Å². The molecule has 1 unspecified atom stereocenters. The number of nitrogens with zero attached hydrogens (tertiary/aromatic N) is 1. The van der Waals surface area contributed by atoms with E-state index in [4.69, 9.17) is 0 Å². The van der Waals surface area contributed by atoms with Crippen LogP contribution in [0, 0.1) is 11.6 Å². The van der Waals surface area contributed by atoms with Crippen LogP contribution >= 0.6 is 0 Å². The van der Waals surface area contributed by atoms with E-state index in [1.807, 2.05) is 0 Å². The Morgan fingerprint density at radius 3 is 2.29 bits per heavy atom. The molecule has 0 heterocycles. The predicted octanol–water partition coefficient (Wildman–Crippen LogP) is 3.35. The monoisotopic (exact) mass is 311 g/mol. The van der Waals surface area contributed by atoms with Crippen molar-refractivity contribution >= 4 is 10.0 Å². The SMILES string of the molecule is CC(c1cc(F)ccc1F)N(C)S(=O)(=O)c1ccccc1. The average molecular weight is 311 g/mol. The largest absolute Gasteiger partial charge is 0.243 e. The lowest BCUT2D eigenvalue weighted by Gasteiger charge is -2.25. The Bertz CT molecular complexity index is 733. The normalized spacial score (nSPS) is 13.4. The summed E-state index contributed by atoms with van der Waals surface area (Å²) in [4.78, 5) is 0.108. The van der Waals surface area contributed by atoms with Crippen molar-refractivity contribution in [3.05, 3.63) is 65.7 Å². The second kappa shape index (κ2) is 5.91. The molecule has 0 aromatic heterocycles. The van der Waals surface area contributed by atoms with Gasteiger partial charge in [0.15, 0.2) is 0 Å². The second-order valence-electron chi connectivity index (χ2n) is 4.68. The van der Waals surface area contributed by atoms with E-state index >= 15 is 0 Å². The minimum absolute atomic E-state index is 0.00277. The van der Waals surface area contributed by atoms with E-state index in [1.54, 1.807) is 18.2 Å². The molecule has 0 fully saturated rings. The summed E-state index contributed by atoms with van der Waals surface area (Å²) in [5.74, 6) is -1.25. The Morgan fingerprint density at radius 2 is 1.67 bits per heavy atom. The van der Waals surface area contributed by atoms with Gasteiger partial charge in [0.2, 0.25) is 10.0 Å². The van der Waals surface area contributed by atoms with Gasteiger partial charge in [0.1, 0.15) is 11.6 Å². The summed E-state index contributed by atoms with van der Waals surface area (Å²) in [6, 6.07) is 10.0. The van der Waals surface area contributed by atoms with Crippen molar-refractivity contribution in [3.8, 4) is 0 Å². The molecule has 2 rings (SSSR count). The molecule has 0 aliphatic rings. The molecule has 2 aromatic rings. The van der Waals surface area contributed by atoms with Crippen molar-refractivity contribution in [2.75, 3.05) is 7.05 Å². The predicted molar refractivity (Wildman–Crippen MR) is 76.2 cm³/mol. The Labute approximate surface area is 122 Å². The maximum Gasteiger partial charge on any atom is 0.243 e. The fourth-order valence-electron chi connectivity index (χ4n) is 2.00. The van der Waals surface area contributed by atoms with Crippen LogP contribution in [0.25, 0.3) is 0 Å². The van der Waals surface area contributed by atoms with Crippen LogP contribution in [0.3, 0.4) is 0 Å². The summed E-state index contributed by atoms with van der Waals surface area (Å²) in [6.07, 6.45) is 0. The summed E-state index contributed by atoms with van der Waals surface area (Å²) < 4.78 is 53.0. The van der Waals surface area contributed by atoms with E-state index in [9.17, 15) is 17.2 Å². The van der Waals surface area contributed by atoms with E-state index in [2.05, 4.69) is 0 Å². The standard InChI is InChI=1S/C15H15F2NO2S/c1-11(14-10-12(16)8-9-15(14)17)18(2)21(19,20)13-6-4-3-5-7-13/h3-11H,1-2H3. The van der Waals surface area contributed by atoms with Crippen molar-refractivity contribution in [1.82, 2.24) is 4.31 Å². The van der Waals surface area contributed by atoms with Gasteiger partial charge in [-0.3, -0.25) is 0 Å².